The van der Waals surface area contributed by atoms with Gasteiger partial charge in [-0.25, -0.2) is 9.97 Å². The summed E-state index contributed by atoms with van der Waals surface area (Å²) in [5, 5.41) is 3.77. The van der Waals surface area contributed by atoms with Gasteiger partial charge in [-0.15, -0.1) is 11.3 Å². The second-order valence-electron chi connectivity index (χ2n) is 9.54. The van der Waals surface area contributed by atoms with Gasteiger partial charge in [0.25, 0.3) is 5.56 Å². The number of nitrogens with one attached hydrogen (secondary N) is 1. The van der Waals surface area contributed by atoms with Gasteiger partial charge in [-0.2, -0.15) is 0 Å². The Hall–Kier alpha value is -3.10. The molecule has 176 valence electrons. The highest BCUT2D eigenvalue weighted by molar-refractivity contribution is 7.25. The molecule has 3 aromatic heterocycles. The predicted octanol–water partition coefficient (Wildman–Crippen LogP) is 4.76. The number of carbonyl (C=O) groups is 1. The number of aryl methyl sites for hydroxylation is 2. The Morgan fingerprint density at radius 1 is 1.24 bits per heavy atom. The number of carbonyl (C=O) groups excluding carboxylic acids is 1. The van der Waals surface area contributed by atoms with Crippen molar-refractivity contribution in [1.82, 2.24) is 14.5 Å². The highest BCUT2D eigenvalue weighted by Crippen LogP contribution is 2.35. The van der Waals surface area contributed by atoms with E-state index in [0.29, 0.717) is 34.8 Å². The minimum absolute atomic E-state index is 0.0782. The fraction of sp³-hybridized carbons (Fsp3) is 0.385. The summed E-state index contributed by atoms with van der Waals surface area (Å²) >= 11 is 1.36. The van der Waals surface area contributed by atoms with Crippen molar-refractivity contribution in [3.8, 4) is 0 Å². The molecule has 4 heterocycles. The summed E-state index contributed by atoms with van der Waals surface area (Å²) in [6, 6.07) is 9.66. The number of ether oxygens (including phenoxy) is 1. The smallest absolute Gasteiger partial charge is 0.272 e. The van der Waals surface area contributed by atoms with Gasteiger partial charge in [0.1, 0.15) is 21.9 Å². The van der Waals surface area contributed by atoms with Gasteiger partial charge in [0.15, 0.2) is 0 Å². The Labute approximate surface area is 201 Å². The van der Waals surface area contributed by atoms with Crippen LogP contribution in [-0.4, -0.2) is 26.0 Å². The van der Waals surface area contributed by atoms with Crippen molar-refractivity contribution in [2.24, 2.45) is 0 Å². The lowest BCUT2D eigenvalue weighted by atomic mass is 9.95. The molecular weight excluding hydrogens is 448 g/mol. The third kappa shape index (κ3) is 4.23. The summed E-state index contributed by atoms with van der Waals surface area (Å²) < 4.78 is 8.01. The quantitative estimate of drug-likeness (QED) is 0.449. The Morgan fingerprint density at radius 3 is 2.74 bits per heavy atom. The molecule has 1 aliphatic heterocycles. The van der Waals surface area contributed by atoms with Crippen LogP contribution in [0.4, 0.5) is 5.69 Å². The molecule has 0 atom stereocenters. The van der Waals surface area contributed by atoms with Gasteiger partial charge in [-0.05, 0) is 45.4 Å². The van der Waals surface area contributed by atoms with E-state index in [1.165, 1.54) is 15.9 Å². The first-order valence-electron chi connectivity index (χ1n) is 11.6. The van der Waals surface area contributed by atoms with E-state index in [1.807, 2.05) is 38.1 Å². The number of aromatic nitrogens is 3. The Kier molecular flexibility index (Phi) is 5.73. The average Bonchev–Trinajstić information content (AvgIpc) is 3.13. The van der Waals surface area contributed by atoms with Crippen LogP contribution in [0.25, 0.3) is 20.4 Å². The van der Waals surface area contributed by atoms with Crippen molar-refractivity contribution < 1.29 is 9.53 Å². The third-order valence-corrected chi connectivity index (χ3v) is 7.22. The second-order valence-corrected chi connectivity index (χ2v) is 10.5. The van der Waals surface area contributed by atoms with Crippen LogP contribution in [0.15, 0.2) is 35.1 Å². The monoisotopic (exact) mass is 476 g/mol. The van der Waals surface area contributed by atoms with E-state index in [2.05, 4.69) is 25.2 Å². The van der Waals surface area contributed by atoms with E-state index in [-0.39, 0.29) is 23.6 Å². The number of amides is 1. The molecule has 8 heteroatoms. The summed E-state index contributed by atoms with van der Waals surface area (Å²) in [6.07, 6.45) is 2.15. The van der Waals surface area contributed by atoms with Crippen LogP contribution in [0.3, 0.4) is 0 Å². The van der Waals surface area contributed by atoms with Crippen molar-refractivity contribution >= 4 is 43.4 Å². The minimum atomic E-state index is -0.256. The highest BCUT2D eigenvalue weighted by atomic mass is 32.1. The normalized spacial score (nSPS) is 14.9. The van der Waals surface area contributed by atoms with E-state index in [9.17, 15) is 9.59 Å². The zero-order valence-electron chi connectivity index (χ0n) is 19.9. The molecule has 34 heavy (non-hydrogen) atoms. The predicted molar refractivity (Wildman–Crippen MR) is 136 cm³/mol. The number of pyridine rings is 1. The summed E-state index contributed by atoms with van der Waals surface area (Å²) in [6.45, 7) is 8.58. The molecule has 0 fully saturated rings. The molecule has 1 amide bonds. The van der Waals surface area contributed by atoms with Gasteiger partial charge in [0.2, 0.25) is 5.91 Å². The van der Waals surface area contributed by atoms with Gasteiger partial charge < -0.3 is 10.1 Å². The topological polar surface area (TPSA) is 86.1 Å². The molecule has 0 aliphatic carbocycles. The molecule has 0 bridgehead atoms. The standard InChI is InChI=1S/C26H28N4O3S/c1-5-6-20-29-22-18-11-16-14-33-26(3,4)12-19(16)28-24(18)34-23(22)25(32)30(20)13-21(31)27-17-9-7-15(2)8-10-17/h7-11H,5-6,12-14H2,1-4H3,(H,27,31). The van der Waals surface area contributed by atoms with Crippen molar-refractivity contribution in [2.45, 2.75) is 65.7 Å². The molecular formula is C26H28N4O3S. The lowest BCUT2D eigenvalue weighted by Crippen LogP contribution is -2.32. The average molecular weight is 477 g/mol. The van der Waals surface area contributed by atoms with Gasteiger partial charge in [0, 0.05) is 29.5 Å². The highest BCUT2D eigenvalue weighted by Gasteiger charge is 2.28. The van der Waals surface area contributed by atoms with Crippen molar-refractivity contribution in [2.75, 3.05) is 5.32 Å². The molecule has 5 rings (SSSR count). The summed E-state index contributed by atoms with van der Waals surface area (Å²) in [4.78, 5) is 36.9. The van der Waals surface area contributed by atoms with Crippen LogP contribution >= 0.6 is 11.3 Å². The maximum Gasteiger partial charge on any atom is 0.272 e. The van der Waals surface area contributed by atoms with Gasteiger partial charge in [-0.3, -0.25) is 14.2 Å². The third-order valence-electron chi connectivity index (χ3n) is 6.14. The maximum atomic E-state index is 13.6. The van der Waals surface area contributed by atoms with Gasteiger partial charge in [0.05, 0.1) is 23.4 Å². The molecule has 0 saturated heterocycles. The maximum absolute atomic E-state index is 13.6. The number of rotatable bonds is 5. The molecule has 7 nitrogen and oxygen atoms in total. The summed E-state index contributed by atoms with van der Waals surface area (Å²) in [5.74, 6) is 0.368. The Balaban J connectivity index is 1.56. The SMILES string of the molecule is CCCc1nc2c(sc3nc4c(cc32)COC(C)(C)C4)c(=O)n1CC(=O)Nc1ccc(C)cc1. The molecule has 0 spiro atoms. The second kappa shape index (κ2) is 8.60. The zero-order chi connectivity index (χ0) is 24.0. The first-order valence-corrected chi connectivity index (χ1v) is 12.4. The summed E-state index contributed by atoms with van der Waals surface area (Å²) in [5.41, 5.74) is 4.11. The molecule has 1 aliphatic rings. The summed E-state index contributed by atoms with van der Waals surface area (Å²) in [7, 11) is 0. The number of hydrogen-bond acceptors (Lipinski definition) is 6. The van der Waals surface area contributed by atoms with Crippen LogP contribution in [0.5, 0.6) is 0 Å². The number of fused-ring (bicyclic) bond motifs is 4. The zero-order valence-corrected chi connectivity index (χ0v) is 20.7. The van der Waals surface area contributed by atoms with Crippen LogP contribution < -0.4 is 10.9 Å². The van der Waals surface area contributed by atoms with Crippen LogP contribution in [0, 0.1) is 6.92 Å². The van der Waals surface area contributed by atoms with E-state index in [0.717, 1.165) is 39.9 Å². The van der Waals surface area contributed by atoms with Crippen molar-refractivity contribution in [1.29, 1.82) is 0 Å². The Bertz CT molecular complexity index is 1470. The number of thiophene rings is 1. The number of benzene rings is 1. The fourth-order valence-corrected chi connectivity index (χ4v) is 5.40. The minimum Gasteiger partial charge on any atom is -0.370 e. The number of nitrogens with zero attached hydrogens (tertiary/aromatic N) is 3. The lowest BCUT2D eigenvalue weighted by molar-refractivity contribution is -0.116. The van der Waals surface area contributed by atoms with Crippen LogP contribution in [-0.2, 0) is 35.5 Å². The number of anilines is 1. The van der Waals surface area contributed by atoms with Gasteiger partial charge >= 0.3 is 0 Å². The van der Waals surface area contributed by atoms with Crippen LogP contribution in [0.1, 0.15) is 49.8 Å². The molecule has 0 unspecified atom stereocenters. The molecule has 0 radical (unpaired) electrons. The molecule has 0 saturated carbocycles. The van der Waals surface area contributed by atoms with Gasteiger partial charge in [-0.1, -0.05) is 24.6 Å². The Morgan fingerprint density at radius 2 is 2.00 bits per heavy atom. The molecule has 1 N–H and O–H groups in total. The lowest BCUT2D eigenvalue weighted by Gasteiger charge is -2.30. The van der Waals surface area contributed by atoms with Crippen molar-refractivity contribution in [3.63, 3.8) is 0 Å². The van der Waals surface area contributed by atoms with Crippen molar-refractivity contribution in [3.05, 3.63) is 63.3 Å². The van der Waals surface area contributed by atoms with E-state index in [4.69, 9.17) is 14.7 Å². The van der Waals surface area contributed by atoms with E-state index < -0.39 is 0 Å². The fourth-order valence-electron chi connectivity index (χ4n) is 4.34. The largest absolute Gasteiger partial charge is 0.370 e. The van der Waals surface area contributed by atoms with E-state index in [1.54, 1.807) is 0 Å². The first-order chi connectivity index (χ1) is 16.2. The van der Waals surface area contributed by atoms with E-state index >= 15 is 0 Å². The number of hydrogen-bond donors (Lipinski definition) is 1. The molecule has 4 aromatic rings. The first kappa shape index (κ1) is 22.7. The van der Waals surface area contributed by atoms with Crippen LogP contribution in [0.2, 0.25) is 0 Å². The molecule has 1 aromatic carbocycles.